The van der Waals surface area contributed by atoms with Crippen LogP contribution in [0.2, 0.25) is 0 Å². The van der Waals surface area contributed by atoms with Crippen molar-refractivity contribution in [3.8, 4) is 0 Å². The van der Waals surface area contributed by atoms with Gasteiger partial charge >= 0.3 is 6.18 Å². The van der Waals surface area contributed by atoms with Gasteiger partial charge in [-0.2, -0.15) is 13.2 Å². The molecule has 0 unspecified atom stereocenters. The highest BCUT2D eigenvalue weighted by molar-refractivity contribution is 5.81. The summed E-state index contributed by atoms with van der Waals surface area (Å²) in [6, 6.07) is 7.25. The van der Waals surface area contributed by atoms with E-state index in [-0.39, 0.29) is 5.52 Å². The van der Waals surface area contributed by atoms with Crippen LogP contribution in [0.1, 0.15) is 5.56 Å². The molecular weight excluding hydrogens is 217 g/mol. The van der Waals surface area contributed by atoms with Crippen LogP contribution in [-0.4, -0.2) is 12.0 Å². The highest BCUT2D eigenvalue weighted by Gasteiger charge is 2.32. The van der Waals surface area contributed by atoms with Crippen molar-refractivity contribution >= 4 is 10.9 Å². The molecular formula is C11H11F3N2. The molecule has 2 nitrogen and oxygen atoms in total. The van der Waals surface area contributed by atoms with Crippen molar-refractivity contribution in [2.45, 2.75) is 6.18 Å². The Hall–Kier alpha value is -1.62. The van der Waals surface area contributed by atoms with E-state index < -0.39 is 11.7 Å². The van der Waals surface area contributed by atoms with Crippen LogP contribution in [-0.2, 0) is 6.18 Å². The zero-order chi connectivity index (χ0) is 12.2. The Labute approximate surface area is 90.9 Å². The zero-order valence-electron chi connectivity index (χ0n) is 8.62. The third kappa shape index (κ3) is 2.49. The number of aromatic nitrogens is 1. The van der Waals surface area contributed by atoms with E-state index in [9.17, 15) is 13.2 Å². The Bertz CT molecular complexity index is 461. The normalized spacial score (nSPS) is 10.8. The number of alkyl halides is 3. The summed E-state index contributed by atoms with van der Waals surface area (Å²) in [4.78, 5) is 3.73. The first kappa shape index (κ1) is 12.4. The SMILES string of the molecule is CN.FC(F)(F)c1cccc2cccnc12. The number of pyridine rings is 1. The maximum atomic E-state index is 12.5. The van der Waals surface area contributed by atoms with E-state index in [1.54, 1.807) is 18.2 Å². The number of benzene rings is 1. The average Bonchev–Trinajstić information content (AvgIpc) is 2.30. The summed E-state index contributed by atoms with van der Waals surface area (Å²) in [7, 11) is 1.50. The summed E-state index contributed by atoms with van der Waals surface area (Å²) in [6.45, 7) is 0. The van der Waals surface area contributed by atoms with Gasteiger partial charge in [-0.1, -0.05) is 18.2 Å². The number of halogens is 3. The van der Waals surface area contributed by atoms with Crippen LogP contribution in [0.25, 0.3) is 10.9 Å². The van der Waals surface area contributed by atoms with Crippen molar-refractivity contribution in [2.75, 3.05) is 7.05 Å². The molecule has 0 spiro atoms. The molecule has 16 heavy (non-hydrogen) atoms. The van der Waals surface area contributed by atoms with Gasteiger partial charge in [0.25, 0.3) is 0 Å². The maximum absolute atomic E-state index is 12.5. The molecule has 0 radical (unpaired) electrons. The minimum atomic E-state index is -4.34. The van der Waals surface area contributed by atoms with Gasteiger partial charge in [-0.25, -0.2) is 0 Å². The summed E-state index contributed by atoms with van der Waals surface area (Å²) in [5, 5.41) is 0.502. The van der Waals surface area contributed by atoms with Gasteiger partial charge in [0.05, 0.1) is 11.1 Å². The number of hydrogen-bond acceptors (Lipinski definition) is 2. The van der Waals surface area contributed by atoms with E-state index >= 15 is 0 Å². The average molecular weight is 228 g/mol. The van der Waals surface area contributed by atoms with Crippen molar-refractivity contribution < 1.29 is 13.2 Å². The molecule has 0 saturated heterocycles. The van der Waals surface area contributed by atoms with Crippen LogP contribution < -0.4 is 5.73 Å². The van der Waals surface area contributed by atoms with Gasteiger partial charge < -0.3 is 5.73 Å². The fourth-order valence-electron chi connectivity index (χ4n) is 1.33. The van der Waals surface area contributed by atoms with Gasteiger partial charge in [0.1, 0.15) is 0 Å². The molecule has 2 rings (SSSR count). The van der Waals surface area contributed by atoms with Crippen molar-refractivity contribution in [3.05, 3.63) is 42.1 Å². The minimum absolute atomic E-state index is 0.00231. The molecule has 0 fully saturated rings. The van der Waals surface area contributed by atoms with Crippen molar-refractivity contribution in [3.63, 3.8) is 0 Å². The third-order valence-electron chi connectivity index (χ3n) is 1.94. The summed E-state index contributed by atoms with van der Waals surface area (Å²) in [5.41, 5.74) is 3.82. The molecule has 0 atom stereocenters. The van der Waals surface area contributed by atoms with Crippen LogP contribution in [0.5, 0.6) is 0 Å². The molecule has 1 aromatic heterocycles. The van der Waals surface area contributed by atoms with Crippen molar-refractivity contribution in [2.24, 2.45) is 5.73 Å². The zero-order valence-corrected chi connectivity index (χ0v) is 8.62. The molecule has 0 bridgehead atoms. The van der Waals surface area contributed by atoms with Gasteiger partial charge in [-0.05, 0) is 19.2 Å². The Morgan fingerprint density at radius 2 is 1.69 bits per heavy atom. The second-order valence-corrected chi connectivity index (χ2v) is 2.88. The Balaban J connectivity index is 0.000000606. The van der Waals surface area contributed by atoms with Crippen LogP contribution >= 0.6 is 0 Å². The highest BCUT2D eigenvalue weighted by Crippen LogP contribution is 2.33. The van der Waals surface area contributed by atoms with Gasteiger partial charge in [-0.3, -0.25) is 4.98 Å². The monoisotopic (exact) mass is 228 g/mol. The first-order valence-electron chi connectivity index (χ1n) is 4.58. The topological polar surface area (TPSA) is 38.9 Å². The molecule has 0 amide bonds. The first-order chi connectivity index (χ1) is 7.59. The fraction of sp³-hybridized carbons (Fsp3) is 0.182. The van der Waals surface area contributed by atoms with Crippen molar-refractivity contribution in [1.82, 2.24) is 4.98 Å². The second kappa shape index (κ2) is 4.94. The van der Waals surface area contributed by atoms with Gasteiger partial charge in [0.2, 0.25) is 0 Å². The second-order valence-electron chi connectivity index (χ2n) is 2.88. The van der Waals surface area contributed by atoms with E-state index in [1.807, 2.05) is 0 Å². The van der Waals surface area contributed by atoms with E-state index in [1.165, 1.54) is 19.3 Å². The van der Waals surface area contributed by atoms with Gasteiger partial charge in [0.15, 0.2) is 0 Å². The lowest BCUT2D eigenvalue weighted by molar-refractivity contribution is -0.136. The van der Waals surface area contributed by atoms with E-state index in [0.29, 0.717) is 5.39 Å². The fourth-order valence-corrected chi connectivity index (χ4v) is 1.33. The number of para-hydroxylation sites is 1. The van der Waals surface area contributed by atoms with Crippen LogP contribution in [0.15, 0.2) is 36.5 Å². The summed E-state index contributed by atoms with van der Waals surface area (Å²) in [6.07, 6.45) is -2.98. The predicted octanol–water partition coefficient (Wildman–Crippen LogP) is 2.83. The Morgan fingerprint density at radius 3 is 2.31 bits per heavy atom. The number of nitrogens with zero attached hydrogens (tertiary/aromatic N) is 1. The standard InChI is InChI=1S/C10H6F3N.CH5N/c11-10(12,13)8-5-1-3-7-4-2-6-14-9(7)8;1-2/h1-6H;2H2,1H3. The number of rotatable bonds is 0. The Morgan fingerprint density at radius 1 is 1.06 bits per heavy atom. The molecule has 86 valence electrons. The van der Waals surface area contributed by atoms with Gasteiger partial charge in [0, 0.05) is 11.6 Å². The number of nitrogens with two attached hydrogens (primary N) is 1. The lowest BCUT2D eigenvalue weighted by atomic mass is 10.1. The predicted molar refractivity (Wildman–Crippen MR) is 56.9 cm³/mol. The molecule has 0 aliphatic carbocycles. The largest absolute Gasteiger partial charge is 0.418 e. The molecule has 0 aliphatic rings. The molecule has 5 heteroatoms. The summed E-state index contributed by atoms with van der Waals surface area (Å²) >= 11 is 0. The van der Waals surface area contributed by atoms with E-state index in [2.05, 4.69) is 10.7 Å². The lowest BCUT2D eigenvalue weighted by Gasteiger charge is -2.08. The molecule has 1 aromatic carbocycles. The van der Waals surface area contributed by atoms with Crippen molar-refractivity contribution in [1.29, 1.82) is 0 Å². The van der Waals surface area contributed by atoms with E-state index in [4.69, 9.17) is 0 Å². The van der Waals surface area contributed by atoms with Gasteiger partial charge in [-0.15, -0.1) is 0 Å². The number of hydrogen-bond donors (Lipinski definition) is 1. The maximum Gasteiger partial charge on any atom is 0.418 e. The quantitative estimate of drug-likeness (QED) is 0.753. The Kier molecular flexibility index (Phi) is 3.84. The highest BCUT2D eigenvalue weighted by atomic mass is 19.4. The van der Waals surface area contributed by atoms with Crippen LogP contribution in [0.4, 0.5) is 13.2 Å². The molecule has 2 N–H and O–H groups in total. The molecule has 2 aromatic rings. The van der Waals surface area contributed by atoms with Crippen LogP contribution in [0, 0.1) is 0 Å². The molecule has 0 saturated carbocycles. The first-order valence-corrected chi connectivity index (χ1v) is 4.58. The lowest BCUT2D eigenvalue weighted by Crippen LogP contribution is -2.06. The smallest absolute Gasteiger partial charge is 0.333 e. The van der Waals surface area contributed by atoms with E-state index in [0.717, 1.165) is 6.07 Å². The third-order valence-corrected chi connectivity index (χ3v) is 1.94. The van der Waals surface area contributed by atoms with Crippen LogP contribution in [0.3, 0.4) is 0 Å². The molecule has 1 heterocycles. The summed E-state index contributed by atoms with van der Waals surface area (Å²) < 4.78 is 37.4. The summed E-state index contributed by atoms with van der Waals surface area (Å²) in [5.74, 6) is 0. The minimum Gasteiger partial charge on any atom is -0.333 e. The molecule has 0 aliphatic heterocycles. The number of fused-ring (bicyclic) bond motifs is 1.